The molecule has 2 aromatic rings. The molecule has 1 amide bonds. The molecular weight excluding hydrogens is 348 g/mol. The molecule has 3 rings (SSSR count). The average molecular weight is 374 g/mol. The molecule has 1 aliphatic rings. The Morgan fingerprint density at radius 1 is 1.37 bits per heavy atom. The van der Waals surface area contributed by atoms with Crippen LogP contribution in [0.25, 0.3) is 11.0 Å². The van der Waals surface area contributed by atoms with E-state index in [4.69, 9.17) is 0 Å². The van der Waals surface area contributed by atoms with Crippen LogP contribution in [0.3, 0.4) is 0 Å². The number of fused-ring (bicyclic) bond motifs is 1. The molecule has 1 saturated carbocycles. The second-order valence-electron chi connectivity index (χ2n) is 7.66. The quantitative estimate of drug-likeness (QED) is 0.500. The van der Waals surface area contributed by atoms with Crippen LogP contribution in [0.2, 0.25) is 0 Å². The minimum Gasteiger partial charge on any atom is -0.478 e. The Bertz CT molecular complexity index is 834. The molecule has 0 aromatic carbocycles. The standard InChI is InChI=1S/C19H26N4O4/c1-19(2,27)15(17(24)23-12-5-3-4-6-12)21-9-11-7-8-20-16-14(11)13(10-22-16)18(25)26/h7-8,10,12,15,21,27H,3-6,9H2,1-2H3,(H,20,22)(H,23,24)(H,25,26)/t15-/m0/s1. The molecule has 0 unspecified atom stereocenters. The molecule has 0 saturated heterocycles. The van der Waals surface area contributed by atoms with E-state index in [1.165, 1.54) is 6.20 Å². The summed E-state index contributed by atoms with van der Waals surface area (Å²) in [6.45, 7) is 3.39. The molecule has 5 N–H and O–H groups in total. The van der Waals surface area contributed by atoms with Crippen molar-refractivity contribution in [2.45, 2.75) is 63.8 Å². The number of pyridine rings is 1. The highest BCUT2D eigenvalue weighted by atomic mass is 16.4. The van der Waals surface area contributed by atoms with Gasteiger partial charge in [-0.15, -0.1) is 0 Å². The smallest absolute Gasteiger partial charge is 0.337 e. The lowest BCUT2D eigenvalue weighted by atomic mass is 9.97. The first kappa shape index (κ1) is 19.3. The number of carbonyl (C=O) groups excluding carboxylic acids is 1. The first-order valence-corrected chi connectivity index (χ1v) is 9.21. The Morgan fingerprint density at radius 3 is 2.70 bits per heavy atom. The molecule has 1 fully saturated rings. The number of hydrogen-bond donors (Lipinski definition) is 5. The Labute approximate surface area is 157 Å². The van der Waals surface area contributed by atoms with Crippen LogP contribution in [0, 0.1) is 0 Å². The Kier molecular flexibility index (Phi) is 5.48. The fraction of sp³-hybridized carbons (Fsp3) is 0.526. The van der Waals surface area contributed by atoms with Gasteiger partial charge in [-0.25, -0.2) is 9.78 Å². The van der Waals surface area contributed by atoms with Gasteiger partial charge in [0, 0.05) is 30.4 Å². The Morgan fingerprint density at radius 2 is 2.07 bits per heavy atom. The lowest BCUT2D eigenvalue weighted by Gasteiger charge is -2.30. The van der Waals surface area contributed by atoms with E-state index in [0.717, 1.165) is 25.7 Å². The van der Waals surface area contributed by atoms with Crippen molar-refractivity contribution < 1.29 is 19.8 Å². The van der Waals surface area contributed by atoms with Gasteiger partial charge >= 0.3 is 5.97 Å². The fourth-order valence-electron chi connectivity index (χ4n) is 3.67. The largest absolute Gasteiger partial charge is 0.478 e. The van der Waals surface area contributed by atoms with Gasteiger partial charge < -0.3 is 20.5 Å². The van der Waals surface area contributed by atoms with Crippen LogP contribution in [-0.4, -0.2) is 49.7 Å². The van der Waals surface area contributed by atoms with Gasteiger partial charge in [-0.3, -0.25) is 10.1 Å². The van der Waals surface area contributed by atoms with Crippen LogP contribution in [0.5, 0.6) is 0 Å². The maximum absolute atomic E-state index is 12.7. The summed E-state index contributed by atoms with van der Waals surface area (Å²) in [5.41, 5.74) is 0.0244. The zero-order chi connectivity index (χ0) is 19.6. The molecule has 1 atom stereocenters. The van der Waals surface area contributed by atoms with E-state index in [2.05, 4.69) is 20.6 Å². The maximum Gasteiger partial charge on any atom is 0.337 e. The van der Waals surface area contributed by atoms with Crippen molar-refractivity contribution in [3.05, 3.63) is 29.6 Å². The van der Waals surface area contributed by atoms with Crippen molar-refractivity contribution in [3.8, 4) is 0 Å². The van der Waals surface area contributed by atoms with Gasteiger partial charge in [0.15, 0.2) is 0 Å². The summed E-state index contributed by atoms with van der Waals surface area (Å²) >= 11 is 0. The minimum atomic E-state index is -1.28. The van der Waals surface area contributed by atoms with Gasteiger partial charge in [-0.05, 0) is 38.3 Å². The monoisotopic (exact) mass is 374 g/mol. The zero-order valence-corrected chi connectivity index (χ0v) is 15.6. The van der Waals surface area contributed by atoms with Crippen molar-refractivity contribution >= 4 is 22.9 Å². The van der Waals surface area contributed by atoms with Crippen LogP contribution in [0.1, 0.15) is 55.5 Å². The molecule has 0 radical (unpaired) electrons. The maximum atomic E-state index is 12.7. The third-order valence-corrected chi connectivity index (χ3v) is 5.06. The SMILES string of the molecule is CC(C)(O)[C@@H](NCc1ccnc2[nH]cc(C(=O)O)c12)C(=O)NC1CCCC1. The van der Waals surface area contributed by atoms with E-state index in [1.807, 2.05) is 0 Å². The number of H-pyrrole nitrogens is 1. The minimum absolute atomic E-state index is 0.130. The lowest BCUT2D eigenvalue weighted by Crippen LogP contribution is -2.57. The number of carboxylic acid groups (broad SMARTS) is 1. The normalized spacial score (nSPS) is 16.6. The molecule has 0 bridgehead atoms. The van der Waals surface area contributed by atoms with Crippen LogP contribution >= 0.6 is 0 Å². The number of hydrogen-bond acceptors (Lipinski definition) is 5. The van der Waals surface area contributed by atoms with Gasteiger partial charge in [0.05, 0.1) is 11.2 Å². The van der Waals surface area contributed by atoms with E-state index in [9.17, 15) is 19.8 Å². The first-order valence-electron chi connectivity index (χ1n) is 9.21. The molecule has 2 aromatic heterocycles. The van der Waals surface area contributed by atoms with Crippen LogP contribution in [0.4, 0.5) is 0 Å². The second kappa shape index (κ2) is 7.66. The number of nitrogens with zero attached hydrogens (tertiary/aromatic N) is 1. The topological polar surface area (TPSA) is 127 Å². The lowest BCUT2D eigenvalue weighted by molar-refractivity contribution is -0.129. The second-order valence-corrected chi connectivity index (χ2v) is 7.66. The number of carbonyl (C=O) groups is 2. The van der Waals surface area contributed by atoms with Gasteiger partial charge in [0.25, 0.3) is 0 Å². The van der Waals surface area contributed by atoms with E-state index in [1.54, 1.807) is 26.1 Å². The molecule has 2 heterocycles. The highest BCUT2D eigenvalue weighted by Crippen LogP contribution is 2.22. The number of nitrogens with one attached hydrogen (secondary N) is 3. The molecule has 146 valence electrons. The fourth-order valence-corrected chi connectivity index (χ4v) is 3.67. The summed E-state index contributed by atoms with van der Waals surface area (Å²) in [6, 6.07) is 1.04. The number of aromatic carboxylic acids is 1. The Balaban J connectivity index is 1.79. The first-order chi connectivity index (χ1) is 12.8. The molecular formula is C19H26N4O4. The molecule has 8 heteroatoms. The summed E-state index contributed by atoms with van der Waals surface area (Å²) in [6.07, 6.45) is 7.11. The number of rotatable bonds is 7. The molecule has 1 aliphatic carbocycles. The van der Waals surface area contributed by atoms with E-state index < -0.39 is 17.6 Å². The Hall–Kier alpha value is -2.45. The number of aliphatic hydroxyl groups is 1. The van der Waals surface area contributed by atoms with Crippen molar-refractivity contribution in [2.24, 2.45) is 0 Å². The van der Waals surface area contributed by atoms with Gasteiger partial charge in [0.2, 0.25) is 5.91 Å². The van der Waals surface area contributed by atoms with Crippen molar-refractivity contribution in [2.75, 3.05) is 0 Å². The molecule has 0 spiro atoms. The van der Waals surface area contributed by atoms with E-state index in [0.29, 0.717) is 16.6 Å². The summed E-state index contributed by atoms with van der Waals surface area (Å²) in [5, 5.41) is 26.5. The van der Waals surface area contributed by atoms with Crippen molar-refractivity contribution in [1.29, 1.82) is 0 Å². The summed E-state index contributed by atoms with van der Waals surface area (Å²) < 4.78 is 0. The van der Waals surface area contributed by atoms with Crippen molar-refractivity contribution in [3.63, 3.8) is 0 Å². The highest BCUT2D eigenvalue weighted by molar-refractivity contribution is 6.03. The predicted octanol–water partition coefficient (Wildman–Crippen LogP) is 1.55. The van der Waals surface area contributed by atoms with Crippen LogP contribution in [0.15, 0.2) is 18.5 Å². The highest BCUT2D eigenvalue weighted by Gasteiger charge is 2.34. The third-order valence-electron chi connectivity index (χ3n) is 5.06. The number of amides is 1. The predicted molar refractivity (Wildman–Crippen MR) is 100 cm³/mol. The molecule has 27 heavy (non-hydrogen) atoms. The molecule has 8 nitrogen and oxygen atoms in total. The van der Waals surface area contributed by atoms with Crippen LogP contribution in [-0.2, 0) is 11.3 Å². The molecule has 0 aliphatic heterocycles. The number of aromatic amines is 1. The van der Waals surface area contributed by atoms with Gasteiger partial charge in [-0.1, -0.05) is 12.8 Å². The number of aromatic nitrogens is 2. The third kappa shape index (κ3) is 4.28. The van der Waals surface area contributed by atoms with Gasteiger partial charge in [0.1, 0.15) is 11.7 Å². The van der Waals surface area contributed by atoms with Crippen molar-refractivity contribution in [1.82, 2.24) is 20.6 Å². The van der Waals surface area contributed by atoms with E-state index in [-0.39, 0.29) is 24.1 Å². The van der Waals surface area contributed by atoms with Gasteiger partial charge in [-0.2, -0.15) is 0 Å². The van der Waals surface area contributed by atoms with E-state index >= 15 is 0 Å². The summed E-state index contributed by atoms with van der Waals surface area (Å²) in [5.74, 6) is -1.29. The van der Waals surface area contributed by atoms with Crippen LogP contribution < -0.4 is 10.6 Å². The summed E-state index contributed by atoms with van der Waals surface area (Å²) in [4.78, 5) is 31.2. The number of carboxylic acids is 1. The average Bonchev–Trinajstić information content (AvgIpc) is 3.23. The summed E-state index contributed by atoms with van der Waals surface area (Å²) in [7, 11) is 0. The zero-order valence-electron chi connectivity index (χ0n) is 15.6.